The largest absolute Gasteiger partial charge is 0.473 e. The highest BCUT2D eigenvalue weighted by Crippen LogP contribution is 2.46. The first kappa shape index (κ1) is 23.1. The van der Waals surface area contributed by atoms with E-state index in [-0.39, 0.29) is 12.2 Å². The van der Waals surface area contributed by atoms with E-state index in [1.54, 1.807) is 4.52 Å². The number of morpholine rings is 1. The lowest BCUT2D eigenvalue weighted by atomic mass is 10.0. The number of aromatic nitrogens is 4. The lowest BCUT2D eigenvalue weighted by molar-refractivity contribution is 0.0360. The van der Waals surface area contributed by atoms with Crippen molar-refractivity contribution in [1.82, 2.24) is 24.3 Å². The fourth-order valence-electron chi connectivity index (χ4n) is 4.80. The van der Waals surface area contributed by atoms with Crippen LogP contribution >= 0.6 is 0 Å². The summed E-state index contributed by atoms with van der Waals surface area (Å²) in [6.07, 6.45) is 6.18. The Morgan fingerprint density at radius 3 is 2.61 bits per heavy atom. The van der Waals surface area contributed by atoms with E-state index in [0.717, 1.165) is 80.1 Å². The fraction of sp³-hybridized carbons (Fsp3) is 0.407. The van der Waals surface area contributed by atoms with Crippen LogP contribution in [0.15, 0.2) is 42.7 Å². The second kappa shape index (κ2) is 9.63. The van der Waals surface area contributed by atoms with Gasteiger partial charge in [0.2, 0.25) is 5.88 Å². The number of nitrogens with zero attached hydrogens (tertiary/aromatic N) is 5. The van der Waals surface area contributed by atoms with Crippen molar-refractivity contribution in [3.05, 3.63) is 71.2 Å². The Balaban J connectivity index is 1.31. The average molecular weight is 494 g/mol. The lowest BCUT2D eigenvalue weighted by Crippen LogP contribution is -2.38. The van der Waals surface area contributed by atoms with Crippen LogP contribution in [0.2, 0.25) is 0 Å². The van der Waals surface area contributed by atoms with E-state index in [2.05, 4.69) is 22.3 Å². The topological polar surface area (TPSA) is 56.8 Å². The van der Waals surface area contributed by atoms with Crippen molar-refractivity contribution < 1.29 is 18.3 Å². The summed E-state index contributed by atoms with van der Waals surface area (Å²) >= 11 is 0. The number of rotatable bonds is 8. The van der Waals surface area contributed by atoms with Gasteiger partial charge in [0.25, 0.3) is 0 Å². The smallest absolute Gasteiger partial charge is 0.215 e. The molecule has 0 unspecified atom stereocenters. The number of benzene rings is 1. The van der Waals surface area contributed by atoms with Crippen molar-refractivity contribution in [2.24, 2.45) is 0 Å². The lowest BCUT2D eigenvalue weighted by Gasteiger charge is -2.26. The molecule has 0 N–H and O–H groups in total. The van der Waals surface area contributed by atoms with Crippen LogP contribution in [0.4, 0.5) is 8.78 Å². The standard InChI is InChI=1S/C27H29F2N5O2/c1-18-13-24-26(20-15-30-33(16-20)8-7-32-9-11-35-12-10-32)27(19-5-6-19)31-34(24)25(14-18)36-17-21-22(28)3-2-4-23(21)29/h2-4,13-16,19H,5-12,17H2,1H3. The van der Waals surface area contributed by atoms with Crippen LogP contribution in [0.3, 0.4) is 0 Å². The third kappa shape index (κ3) is 4.60. The summed E-state index contributed by atoms with van der Waals surface area (Å²) in [7, 11) is 0. The first-order chi connectivity index (χ1) is 17.6. The molecule has 0 atom stereocenters. The molecule has 4 heterocycles. The Labute approximate surface area is 208 Å². The van der Waals surface area contributed by atoms with Crippen LogP contribution in [0.1, 0.15) is 35.6 Å². The van der Waals surface area contributed by atoms with Crippen molar-refractivity contribution in [3.8, 4) is 17.0 Å². The third-order valence-corrected chi connectivity index (χ3v) is 6.93. The van der Waals surface area contributed by atoms with Crippen LogP contribution in [0, 0.1) is 18.6 Å². The molecule has 2 fully saturated rings. The highest BCUT2D eigenvalue weighted by Gasteiger charge is 2.32. The van der Waals surface area contributed by atoms with Gasteiger partial charge in [-0.3, -0.25) is 9.58 Å². The van der Waals surface area contributed by atoms with Gasteiger partial charge in [-0.05, 0) is 43.5 Å². The molecule has 0 radical (unpaired) electrons. The van der Waals surface area contributed by atoms with Crippen LogP contribution in [0.25, 0.3) is 16.6 Å². The molecule has 188 valence electrons. The zero-order valence-corrected chi connectivity index (χ0v) is 20.3. The zero-order chi connectivity index (χ0) is 24.6. The number of fused-ring (bicyclic) bond motifs is 1. The maximum Gasteiger partial charge on any atom is 0.215 e. The highest BCUT2D eigenvalue weighted by atomic mass is 19.1. The molecule has 0 bridgehead atoms. The molecule has 1 aliphatic carbocycles. The molecular formula is C27H29F2N5O2. The minimum atomic E-state index is -0.622. The van der Waals surface area contributed by atoms with Gasteiger partial charge in [0.1, 0.15) is 18.2 Å². The minimum Gasteiger partial charge on any atom is -0.473 e. The Hall–Kier alpha value is -3.30. The molecule has 7 nitrogen and oxygen atoms in total. The maximum atomic E-state index is 14.2. The number of hydrogen-bond acceptors (Lipinski definition) is 5. The first-order valence-electron chi connectivity index (χ1n) is 12.5. The van der Waals surface area contributed by atoms with Crippen molar-refractivity contribution >= 4 is 5.52 Å². The first-order valence-corrected chi connectivity index (χ1v) is 12.5. The summed E-state index contributed by atoms with van der Waals surface area (Å²) < 4.78 is 43.5. The van der Waals surface area contributed by atoms with E-state index in [0.29, 0.717) is 11.8 Å². The molecular weight excluding hydrogens is 464 g/mol. The van der Waals surface area contributed by atoms with Gasteiger partial charge >= 0.3 is 0 Å². The van der Waals surface area contributed by atoms with Gasteiger partial charge in [0.15, 0.2) is 0 Å². The highest BCUT2D eigenvalue weighted by molar-refractivity contribution is 5.83. The Kier molecular flexibility index (Phi) is 6.18. The monoisotopic (exact) mass is 493 g/mol. The summed E-state index contributed by atoms with van der Waals surface area (Å²) in [5.74, 6) is -0.388. The molecule has 1 saturated carbocycles. The molecule has 6 rings (SSSR count). The molecule has 2 aliphatic rings. The molecule has 0 amide bonds. The van der Waals surface area contributed by atoms with Gasteiger partial charge < -0.3 is 9.47 Å². The molecule has 9 heteroatoms. The van der Waals surface area contributed by atoms with Gasteiger partial charge in [0, 0.05) is 48.9 Å². The van der Waals surface area contributed by atoms with E-state index < -0.39 is 11.6 Å². The average Bonchev–Trinajstić information content (AvgIpc) is 3.49. The molecule has 0 spiro atoms. The van der Waals surface area contributed by atoms with Gasteiger partial charge in [-0.25, -0.2) is 13.3 Å². The zero-order valence-electron chi connectivity index (χ0n) is 20.3. The Morgan fingerprint density at radius 2 is 1.86 bits per heavy atom. The van der Waals surface area contributed by atoms with Gasteiger partial charge in [-0.1, -0.05) is 6.07 Å². The summed E-state index contributed by atoms with van der Waals surface area (Å²) in [5, 5.41) is 9.55. The van der Waals surface area contributed by atoms with Crippen molar-refractivity contribution in [1.29, 1.82) is 0 Å². The molecule has 1 saturated heterocycles. The number of halogens is 2. The number of pyridine rings is 1. The fourth-order valence-corrected chi connectivity index (χ4v) is 4.80. The maximum absolute atomic E-state index is 14.2. The predicted octanol–water partition coefficient (Wildman–Crippen LogP) is 4.57. The number of aryl methyl sites for hydroxylation is 1. The molecule has 1 aliphatic heterocycles. The van der Waals surface area contributed by atoms with Crippen LogP contribution in [0.5, 0.6) is 5.88 Å². The summed E-state index contributed by atoms with van der Waals surface area (Å²) in [6.45, 7) is 6.97. The Morgan fingerprint density at radius 1 is 1.08 bits per heavy atom. The second-order valence-electron chi connectivity index (χ2n) is 9.64. The Bertz CT molecular complexity index is 1370. The normalized spacial score (nSPS) is 16.6. The van der Waals surface area contributed by atoms with E-state index in [4.69, 9.17) is 14.6 Å². The van der Waals surface area contributed by atoms with E-state index in [9.17, 15) is 8.78 Å². The third-order valence-electron chi connectivity index (χ3n) is 6.93. The number of ether oxygens (including phenoxy) is 2. The van der Waals surface area contributed by atoms with Crippen molar-refractivity contribution in [2.45, 2.75) is 38.8 Å². The SMILES string of the molecule is Cc1cc(OCc2c(F)cccc2F)n2nc(C3CC3)c(-c3cnn(CCN4CCOCC4)c3)c2c1. The molecule has 1 aromatic carbocycles. The number of hydrogen-bond donors (Lipinski definition) is 0. The second-order valence-corrected chi connectivity index (χ2v) is 9.64. The predicted molar refractivity (Wildman–Crippen MR) is 131 cm³/mol. The molecule has 36 heavy (non-hydrogen) atoms. The van der Waals surface area contributed by atoms with E-state index in [1.165, 1.54) is 18.2 Å². The van der Waals surface area contributed by atoms with E-state index >= 15 is 0 Å². The summed E-state index contributed by atoms with van der Waals surface area (Å²) in [4.78, 5) is 2.39. The quantitative estimate of drug-likeness (QED) is 0.360. The molecule has 3 aromatic heterocycles. The molecule has 4 aromatic rings. The summed E-state index contributed by atoms with van der Waals surface area (Å²) in [6, 6.07) is 7.76. The minimum absolute atomic E-state index is 0.0940. The van der Waals surface area contributed by atoms with Crippen LogP contribution in [-0.2, 0) is 17.9 Å². The summed E-state index contributed by atoms with van der Waals surface area (Å²) in [5.41, 5.74) is 4.90. The van der Waals surface area contributed by atoms with Crippen molar-refractivity contribution in [2.75, 3.05) is 32.8 Å². The van der Waals surface area contributed by atoms with Gasteiger partial charge in [-0.15, -0.1) is 0 Å². The van der Waals surface area contributed by atoms with Crippen molar-refractivity contribution in [3.63, 3.8) is 0 Å². The van der Waals surface area contributed by atoms with Crippen LogP contribution < -0.4 is 4.74 Å². The van der Waals surface area contributed by atoms with E-state index in [1.807, 2.05) is 23.9 Å². The van der Waals surface area contributed by atoms with Gasteiger partial charge in [0.05, 0.1) is 42.7 Å². The van der Waals surface area contributed by atoms with Gasteiger partial charge in [-0.2, -0.15) is 10.2 Å². The van der Waals surface area contributed by atoms with Crippen LogP contribution in [-0.4, -0.2) is 57.1 Å².